The zero-order valence-electron chi connectivity index (χ0n) is 16.7. The number of likely N-dealkylation sites (N-methyl/N-ethyl adjacent to an activating group) is 1. The van der Waals surface area contributed by atoms with E-state index in [1.165, 1.54) is 27.5 Å². The number of hydrogen-bond donors (Lipinski definition) is 0. The van der Waals surface area contributed by atoms with Crippen LogP contribution in [0, 0.1) is 0 Å². The van der Waals surface area contributed by atoms with Crippen LogP contribution >= 0.6 is 0 Å². The largest absolute Gasteiger partial charge is 0.496 e. The van der Waals surface area contributed by atoms with Gasteiger partial charge in [0.2, 0.25) is 0 Å². The topological polar surface area (TPSA) is 38.3 Å². The summed E-state index contributed by atoms with van der Waals surface area (Å²) >= 11 is 0. The molecule has 1 aromatic heterocycles. The molecule has 29 heavy (non-hydrogen) atoms. The molecule has 3 aromatic carbocycles. The minimum Gasteiger partial charge on any atom is -0.496 e. The Morgan fingerprint density at radius 2 is 1.86 bits per heavy atom. The van der Waals surface area contributed by atoms with Crippen LogP contribution in [0.25, 0.3) is 22.0 Å². The molecule has 0 spiro atoms. The summed E-state index contributed by atoms with van der Waals surface area (Å²) in [5.41, 5.74) is 5.74. The number of fused-ring (bicyclic) bond motifs is 2. The third-order valence-electron chi connectivity index (χ3n) is 5.81. The molecule has 1 aliphatic heterocycles. The van der Waals surface area contributed by atoms with Crippen LogP contribution in [0.4, 0.5) is 0 Å². The predicted molar refractivity (Wildman–Crippen MR) is 116 cm³/mol. The van der Waals surface area contributed by atoms with Gasteiger partial charge in [-0.15, -0.1) is 0 Å². The van der Waals surface area contributed by atoms with Crippen molar-refractivity contribution >= 4 is 10.8 Å². The average Bonchev–Trinajstić information content (AvgIpc) is 2.78. The van der Waals surface area contributed by atoms with Crippen molar-refractivity contribution < 1.29 is 4.74 Å². The quantitative estimate of drug-likeness (QED) is 0.507. The Labute approximate surface area is 170 Å². The normalized spacial score (nSPS) is 16.6. The van der Waals surface area contributed by atoms with Crippen LogP contribution in [0.15, 0.2) is 73.2 Å². The minimum absolute atomic E-state index is 0.304. The Balaban J connectivity index is 1.66. The van der Waals surface area contributed by atoms with Crippen LogP contribution in [0.5, 0.6) is 5.75 Å². The first-order chi connectivity index (χ1) is 14.2. The first kappa shape index (κ1) is 17.8. The number of rotatable bonds is 3. The van der Waals surface area contributed by atoms with Crippen LogP contribution in [0.2, 0.25) is 0 Å². The standard InChI is InChI=1S/C25H23N3O/c1-28-15-22(19-8-7-17-5-3-4-6-18(17)13-19)20-9-10-21(24-14-26-11-12-27-24)25(29-2)23(20)16-28/h3-14,22H,15-16H2,1-2H3. The summed E-state index contributed by atoms with van der Waals surface area (Å²) in [5.74, 6) is 1.21. The van der Waals surface area contributed by atoms with Gasteiger partial charge in [-0.05, 0) is 35.0 Å². The first-order valence-electron chi connectivity index (χ1n) is 9.88. The van der Waals surface area contributed by atoms with Crippen LogP contribution < -0.4 is 4.74 Å². The van der Waals surface area contributed by atoms with Gasteiger partial charge in [-0.1, -0.05) is 48.5 Å². The number of nitrogens with zero attached hydrogens (tertiary/aromatic N) is 3. The lowest BCUT2D eigenvalue weighted by atomic mass is 9.82. The zero-order chi connectivity index (χ0) is 19.8. The molecule has 0 fully saturated rings. The maximum Gasteiger partial charge on any atom is 0.133 e. The summed E-state index contributed by atoms with van der Waals surface area (Å²) in [5, 5.41) is 2.55. The van der Waals surface area contributed by atoms with E-state index in [4.69, 9.17) is 4.74 Å². The molecule has 1 unspecified atom stereocenters. The molecule has 2 heterocycles. The van der Waals surface area contributed by atoms with E-state index in [1.54, 1.807) is 25.7 Å². The number of benzene rings is 3. The van der Waals surface area contributed by atoms with Crippen LogP contribution in [-0.2, 0) is 6.54 Å². The summed E-state index contributed by atoms with van der Waals surface area (Å²) < 4.78 is 5.91. The fourth-order valence-corrected chi connectivity index (χ4v) is 4.46. The van der Waals surface area contributed by atoms with E-state index >= 15 is 0 Å². The maximum atomic E-state index is 5.91. The molecule has 0 saturated carbocycles. The number of methoxy groups -OCH3 is 1. The van der Waals surface area contributed by atoms with Crippen molar-refractivity contribution in [1.82, 2.24) is 14.9 Å². The second-order valence-corrected chi connectivity index (χ2v) is 7.66. The van der Waals surface area contributed by atoms with Crippen molar-refractivity contribution in [3.05, 3.63) is 89.9 Å². The van der Waals surface area contributed by atoms with Gasteiger partial charge in [0.15, 0.2) is 0 Å². The fraction of sp³-hybridized carbons (Fsp3) is 0.200. The Morgan fingerprint density at radius 1 is 1.00 bits per heavy atom. The van der Waals surface area contributed by atoms with Gasteiger partial charge >= 0.3 is 0 Å². The molecule has 5 rings (SSSR count). The molecular weight excluding hydrogens is 358 g/mol. The van der Waals surface area contributed by atoms with Crippen LogP contribution in [0.1, 0.15) is 22.6 Å². The van der Waals surface area contributed by atoms with E-state index in [2.05, 4.69) is 76.5 Å². The molecule has 4 heteroatoms. The molecule has 0 saturated heterocycles. The summed E-state index contributed by atoms with van der Waals surface area (Å²) in [6.07, 6.45) is 5.20. The van der Waals surface area contributed by atoms with E-state index < -0.39 is 0 Å². The molecule has 1 aliphatic rings. The van der Waals surface area contributed by atoms with E-state index in [0.29, 0.717) is 5.92 Å². The summed E-state index contributed by atoms with van der Waals surface area (Å²) in [4.78, 5) is 11.1. The van der Waals surface area contributed by atoms with E-state index in [9.17, 15) is 0 Å². The Hall–Kier alpha value is -3.24. The molecule has 0 aliphatic carbocycles. The summed E-state index contributed by atoms with van der Waals surface area (Å²) in [6, 6.07) is 19.7. The van der Waals surface area contributed by atoms with E-state index in [1.807, 2.05) is 0 Å². The van der Waals surface area contributed by atoms with E-state index in [0.717, 1.165) is 30.1 Å². The highest BCUT2D eigenvalue weighted by molar-refractivity contribution is 5.83. The van der Waals surface area contributed by atoms with E-state index in [-0.39, 0.29) is 0 Å². The van der Waals surface area contributed by atoms with Crippen molar-refractivity contribution in [1.29, 1.82) is 0 Å². The monoisotopic (exact) mass is 381 g/mol. The second kappa shape index (κ2) is 7.30. The van der Waals surface area contributed by atoms with Crippen LogP contribution in [-0.4, -0.2) is 35.6 Å². The fourth-order valence-electron chi connectivity index (χ4n) is 4.46. The highest BCUT2D eigenvalue weighted by Gasteiger charge is 2.29. The van der Waals surface area contributed by atoms with Crippen molar-refractivity contribution in [2.45, 2.75) is 12.5 Å². The molecule has 144 valence electrons. The van der Waals surface area contributed by atoms with Gasteiger partial charge in [0, 0.05) is 42.5 Å². The van der Waals surface area contributed by atoms with Gasteiger partial charge < -0.3 is 9.64 Å². The van der Waals surface area contributed by atoms with Gasteiger partial charge in [-0.3, -0.25) is 9.97 Å². The number of ether oxygens (including phenoxy) is 1. The first-order valence-corrected chi connectivity index (χ1v) is 9.88. The molecule has 1 atom stereocenters. The maximum absolute atomic E-state index is 5.91. The molecule has 0 amide bonds. The van der Waals surface area contributed by atoms with Crippen molar-refractivity contribution in [2.75, 3.05) is 20.7 Å². The van der Waals surface area contributed by atoms with Crippen molar-refractivity contribution in [3.8, 4) is 17.0 Å². The third kappa shape index (κ3) is 3.15. The lowest BCUT2D eigenvalue weighted by Gasteiger charge is -2.34. The Morgan fingerprint density at radius 3 is 2.66 bits per heavy atom. The third-order valence-corrected chi connectivity index (χ3v) is 5.81. The van der Waals surface area contributed by atoms with Crippen molar-refractivity contribution in [3.63, 3.8) is 0 Å². The highest BCUT2D eigenvalue weighted by atomic mass is 16.5. The predicted octanol–water partition coefficient (Wildman–Crippen LogP) is 4.88. The van der Waals surface area contributed by atoms with Gasteiger partial charge in [0.05, 0.1) is 19.0 Å². The smallest absolute Gasteiger partial charge is 0.133 e. The molecule has 4 aromatic rings. The second-order valence-electron chi connectivity index (χ2n) is 7.66. The Kier molecular flexibility index (Phi) is 4.49. The molecule has 4 nitrogen and oxygen atoms in total. The zero-order valence-corrected chi connectivity index (χ0v) is 16.7. The molecular formula is C25H23N3O. The highest BCUT2D eigenvalue weighted by Crippen LogP contribution is 2.42. The molecule has 0 bridgehead atoms. The lowest BCUT2D eigenvalue weighted by Crippen LogP contribution is -2.31. The van der Waals surface area contributed by atoms with Gasteiger partial charge in [0.25, 0.3) is 0 Å². The summed E-state index contributed by atoms with van der Waals surface area (Å²) in [7, 11) is 3.92. The number of hydrogen-bond acceptors (Lipinski definition) is 4. The summed E-state index contributed by atoms with van der Waals surface area (Å²) in [6.45, 7) is 1.84. The molecule has 0 N–H and O–H groups in total. The minimum atomic E-state index is 0.304. The lowest BCUT2D eigenvalue weighted by molar-refractivity contribution is 0.286. The van der Waals surface area contributed by atoms with Crippen LogP contribution in [0.3, 0.4) is 0 Å². The Bertz CT molecular complexity index is 1170. The van der Waals surface area contributed by atoms with Crippen molar-refractivity contribution in [2.24, 2.45) is 0 Å². The molecule has 0 radical (unpaired) electrons. The van der Waals surface area contributed by atoms with Gasteiger partial charge in [-0.25, -0.2) is 0 Å². The number of aromatic nitrogens is 2. The SMILES string of the molecule is COc1c(-c2cnccn2)ccc2c1CN(C)CC2c1ccc2ccccc2c1. The van der Waals surface area contributed by atoms with Gasteiger partial charge in [-0.2, -0.15) is 0 Å². The van der Waals surface area contributed by atoms with Gasteiger partial charge in [0.1, 0.15) is 5.75 Å². The average molecular weight is 381 g/mol.